The number of ether oxygens (including phenoxy) is 2. The summed E-state index contributed by atoms with van der Waals surface area (Å²) in [6.07, 6.45) is 4.37. The van der Waals surface area contributed by atoms with Crippen molar-refractivity contribution in [2.75, 3.05) is 60.0 Å². The standard InChI is InChI=1S/C26H26F2N2.C26H29N3O6/c27-24-12-8-22(9-13-24)26(23-10-14-25(28)15-11-23)30-19-17-29(18-20-30)16-4-7-21-5-2-1-3-6-21;1-17-22(25(30)34-4)24(20-11-8-12-21(15-20)29(32)33)23(18(2)27-17)26(31)35-14-13-28(3)16-19-9-6-5-7-10-19/h1-15,26H,16-20H2;5-12,15,24,27H,13-14,16H2,1-4H3/b7-4+;. The number of hydrogen-bond acceptors (Lipinski definition) is 10. The molecule has 5 aromatic carbocycles. The van der Waals surface area contributed by atoms with E-state index in [1.54, 1.807) is 19.9 Å². The number of nitro groups is 1. The molecule has 0 radical (unpaired) electrons. The number of non-ortho nitro benzene ring substituents is 1. The highest BCUT2D eigenvalue weighted by Crippen LogP contribution is 2.40. The van der Waals surface area contributed by atoms with Crippen molar-refractivity contribution < 1.29 is 32.8 Å². The van der Waals surface area contributed by atoms with Crippen molar-refractivity contribution in [2.24, 2.45) is 0 Å². The Morgan fingerprint density at radius 3 is 1.94 bits per heavy atom. The fraction of sp³-hybridized carbons (Fsp3) is 0.269. The molecule has 0 amide bonds. The number of nitro benzene ring substituents is 1. The molecule has 2 aliphatic heterocycles. The van der Waals surface area contributed by atoms with Gasteiger partial charge in [-0.05, 0) is 73.0 Å². The molecule has 1 fully saturated rings. The Balaban J connectivity index is 0.000000218. The zero-order valence-electron chi connectivity index (χ0n) is 37.2. The number of likely N-dealkylation sites (N-methyl/N-ethyl adjacent to an activating group) is 1. The molecule has 2 aliphatic rings. The average molecular weight is 884 g/mol. The maximum absolute atomic E-state index is 13.5. The summed E-state index contributed by atoms with van der Waals surface area (Å²) in [7, 11) is 3.18. The van der Waals surface area contributed by atoms with Crippen LogP contribution in [0.4, 0.5) is 14.5 Å². The third-order valence-electron chi connectivity index (χ3n) is 11.4. The van der Waals surface area contributed by atoms with Crippen LogP contribution in [0.1, 0.15) is 53.6 Å². The number of hydrogen-bond donors (Lipinski definition) is 1. The molecule has 65 heavy (non-hydrogen) atoms. The van der Waals surface area contributed by atoms with Gasteiger partial charge in [-0.15, -0.1) is 0 Å². The lowest BCUT2D eigenvalue weighted by Gasteiger charge is -2.39. The fourth-order valence-electron chi connectivity index (χ4n) is 8.15. The second-order valence-corrected chi connectivity index (χ2v) is 16.0. The van der Waals surface area contributed by atoms with Gasteiger partial charge in [-0.25, -0.2) is 18.4 Å². The van der Waals surface area contributed by atoms with Crippen molar-refractivity contribution in [3.05, 3.63) is 212 Å². The number of benzene rings is 5. The number of piperazine rings is 1. The van der Waals surface area contributed by atoms with E-state index >= 15 is 0 Å². The summed E-state index contributed by atoms with van der Waals surface area (Å²) in [5, 5.41) is 14.4. The molecule has 1 unspecified atom stereocenters. The highest BCUT2D eigenvalue weighted by Gasteiger charge is 2.38. The van der Waals surface area contributed by atoms with Crippen LogP contribution in [0.3, 0.4) is 0 Å². The normalized spacial score (nSPS) is 15.7. The molecule has 7 rings (SSSR count). The van der Waals surface area contributed by atoms with Crippen molar-refractivity contribution in [1.29, 1.82) is 0 Å². The monoisotopic (exact) mass is 883 g/mol. The molecule has 1 saturated heterocycles. The first-order valence-corrected chi connectivity index (χ1v) is 21.5. The van der Waals surface area contributed by atoms with Gasteiger partial charge in [0.2, 0.25) is 0 Å². The van der Waals surface area contributed by atoms with Crippen LogP contribution in [-0.2, 0) is 25.6 Å². The summed E-state index contributed by atoms with van der Waals surface area (Å²) in [6.45, 7) is 9.37. The van der Waals surface area contributed by atoms with Crippen molar-refractivity contribution in [3.63, 3.8) is 0 Å². The molecule has 0 saturated carbocycles. The molecule has 13 heteroatoms. The van der Waals surface area contributed by atoms with Crippen molar-refractivity contribution >= 4 is 23.7 Å². The Labute approximate surface area is 379 Å². The predicted molar refractivity (Wildman–Crippen MR) is 248 cm³/mol. The van der Waals surface area contributed by atoms with E-state index in [-0.39, 0.29) is 41.1 Å². The van der Waals surface area contributed by atoms with Crippen LogP contribution in [0, 0.1) is 21.7 Å². The number of halogens is 2. The van der Waals surface area contributed by atoms with Gasteiger partial charge < -0.3 is 14.8 Å². The topological polar surface area (TPSA) is 117 Å². The van der Waals surface area contributed by atoms with E-state index in [0.717, 1.165) is 49.4 Å². The second-order valence-electron chi connectivity index (χ2n) is 16.0. The van der Waals surface area contributed by atoms with Crippen LogP contribution in [0.5, 0.6) is 0 Å². The van der Waals surface area contributed by atoms with E-state index in [0.29, 0.717) is 30.0 Å². The number of nitrogens with zero attached hydrogens (tertiary/aromatic N) is 4. The fourth-order valence-corrected chi connectivity index (χ4v) is 8.15. The molecule has 1 atom stereocenters. The smallest absolute Gasteiger partial charge is 0.336 e. The number of carbonyl (C=O) groups is 2. The Bertz CT molecular complexity index is 2430. The Morgan fingerprint density at radius 2 is 1.37 bits per heavy atom. The van der Waals surface area contributed by atoms with Crippen LogP contribution < -0.4 is 5.32 Å². The Hall–Kier alpha value is -6.80. The third kappa shape index (κ3) is 13.1. The van der Waals surface area contributed by atoms with Gasteiger partial charge in [-0.1, -0.05) is 109 Å². The molecular formula is C52H55F2N5O6. The Morgan fingerprint density at radius 1 is 0.800 bits per heavy atom. The molecule has 11 nitrogen and oxygen atoms in total. The molecule has 0 aromatic heterocycles. The van der Waals surface area contributed by atoms with Crippen molar-refractivity contribution in [2.45, 2.75) is 32.4 Å². The number of methoxy groups -OCH3 is 1. The molecule has 1 N–H and O–H groups in total. The van der Waals surface area contributed by atoms with Crippen LogP contribution in [0.15, 0.2) is 162 Å². The maximum atomic E-state index is 13.5. The number of rotatable bonds is 15. The van der Waals surface area contributed by atoms with Crippen LogP contribution >= 0.6 is 0 Å². The minimum Gasteiger partial charge on any atom is -0.466 e. The van der Waals surface area contributed by atoms with Crippen LogP contribution in [-0.4, -0.2) is 91.6 Å². The van der Waals surface area contributed by atoms with Gasteiger partial charge in [0, 0.05) is 69.3 Å². The summed E-state index contributed by atoms with van der Waals surface area (Å²) in [6, 6.07) is 39.5. The Kier molecular flexibility index (Phi) is 17.0. The molecule has 0 aliphatic carbocycles. The zero-order chi connectivity index (χ0) is 46.3. The first kappa shape index (κ1) is 47.7. The largest absolute Gasteiger partial charge is 0.466 e. The third-order valence-corrected chi connectivity index (χ3v) is 11.4. The van der Waals surface area contributed by atoms with Gasteiger partial charge in [0.15, 0.2) is 0 Å². The minimum absolute atomic E-state index is 0.00629. The van der Waals surface area contributed by atoms with Gasteiger partial charge >= 0.3 is 11.9 Å². The number of nitrogens with one attached hydrogen (secondary N) is 1. The summed E-state index contributed by atoms with van der Waals surface area (Å²) in [5.74, 6) is -2.60. The second kappa shape index (κ2) is 23.2. The van der Waals surface area contributed by atoms with Gasteiger partial charge in [0.05, 0.1) is 35.1 Å². The zero-order valence-corrected chi connectivity index (χ0v) is 37.2. The molecule has 5 aromatic rings. The highest BCUT2D eigenvalue weighted by molar-refractivity contribution is 5.99. The van der Waals surface area contributed by atoms with Gasteiger partial charge in [-0.2, -0.15) is 0 Å². The number of carbonyl (C=O) groups excluding carboxylic acids is 2. The molecule has 2 heterocycles. The quantitative estimate of drug-likeness (QED) is 0.0620. The van der Waals surface area contributed by atoms with E-state index < -0.39 is 22.8 Å². The highest BCUT2D eigenvalue weighted by atomic mass is 19.1. The lowest BCUT2D eigenvalue weighted by Crippen LogP contribution is -2.47. The summed E-state index contributed by atoms with van der Waals surface area (Å²) in [4.78, 5) is 43.7. The van der Waals surface area contributed by atoms with E-state index in [1.165, 1.54) is 55.1 Å². The average Bonchev–Trinajstić information content (AvgIpc) is 3.31. The maximum Gasteiger partial charge on any atom is 0.336 e. The number of dihydropyridines is 1. The van der Waals surface area contributed by atoms with Gasteiger partial charge in [0.1, 0.15) is 18.2 Å². The first-order valence-electron chi connectivity index (χ1n) is 21.5. The summed E-state index contributed by atoms with van der Waals surface area (Å²) >= 11 is 0. The van der Waals surface area contributed by atoms with E-state index in [4.69, 9.17) is 9.47 Å². The summed E-state index contributed by atoms with van der Waals surface area (Å²) < 4.78 is 37.5. The number of esters is 2. The van der Waals surface area contributed by atoms with E-state index in [2.05, 4.69) is 39.4 Å². The summed E-state index contributed by atoms with van der Waals surface area (Å²) in [5.41, 5.74) is 6.12. The van der Waals surface area contributed by atoms with Gasteiger partial charge in [-0.3, -0.25) is 24.8 Å². The van der Waals surface area contributed by atoms with Crippen molar-refractivity contribution in [1.82, 2.24) is 20.0 Å². The molecule has 0 spiro atoms. The van der Waals surface area contributed by atoms with E-state index in [9.17, 15) is 28.5 Å². The molecule has 0 bridgehead atoms. The molecule has 338 valence electrons. The lowest BCUT2D eigenvalue weighted by molar-refractivity contribution is -0.384. The number of allylic oxidation sites excluding steroid dienone is 2. The first-order chi connectivity index (χ1) is 31.4. The SMILES string of the molecule is COC(=O)C1=C(C)NC(C)=C(C(=O)OCCN(C)Cc2ccccc2)C1c1cccc([N+](=O)[O-])c1.Fc1ccc(C(c2ccc(F)cc2)N2CCN(C/C=C/c3ccccc3)CC2)cc1. The lowest BCUT2D eigenvalue weighted by atomic mass is 9.80. The van der Waals surface area contributed by atoms with Crippen LogP contribution in [0.2, 0.25) is 0 Å². The minimum atomic E-state index is -0.877. The van der Waals surface area contributed by atoms with E-state index in [1.807, 2.05) is 84.7 Å². The van der Waals surface area contributed by atoms with Crippen LogP contribution in [0.25, 0.3) is 6.08 Å². The predicted octanol–water partition coefficient (Wildman–Crippen LogP) is 9.06. The van der Waals surface area contributed by atoms with Gasteiger partial charge in [0.25, 0.3) is 5.69 Å². The molecular weight excluding hydrogens is 829 g/mol. The van der Waals surface area contributed by atoms with Crippen molar-refractivity contribution in [3.8, 4) is 0 Å².